The van der Waals surface area contributed by atoms with Gasteiger partial charge in [0.15, 0.2) is 0 Å². The van der Waals surface area contributed by atoms with Crippen LogP contribution in [0.15, 0.2) is 34.7 Å². The summed E-state index contributed by atoms with van der Waals surface area (Å²) in [5.74, 6) is 5.51. The molecule has 0 aliphatic carbocycles. The molecule has 96 valence electrons. The Hall–Kier alpha value is -1.72. The third kappa shape index (κ3) is 2.57. The molecule has 1 atom stereocenters. The van der Waals surface area contributed by atoms with Crippen LogP contribution in [0.2, 0.25) is 0 Å². The van der Waals surface area contributed by atoms with Gasteiger partial charge in [0.05, 0.1) is 6.04 Å². The zero-order chi connectivity index (χ0) is 13.1. The first-order chi connectivity index (χ1) is 8.61. The Kier molecular flexibility index (Phi) is 3.74. The summed E-state index contributed by atoms with van der Waals surface area (Å²) >= 11 is 0. The fourth-order valence-electron chi connectivity index (χ4n) is 1.81. The van der Waals surface area contributed by atoms with Gasteiger partial charge in [-0.25, -0.2) is 14.2 Å². The number of aryl methyl sites for hydroxylation is 1. The molecular formula is C13H14F2N2O. The minimum atomic E-state index is -0.585. The van der Waals surface area contributed by atoms with Gasteiger partial charge < -0.3 is 4.42 Å². The minimum absolute atomic E-state index is 0.00509. The van der Waals surface area contributed by atoms with Crippen LogP contribution < -0.4 is 11.3 Å². The molecule has 0 saturated heterocycles. The molecule has 0 spiro atoms. The Bertz CT molecular complexity index is 519. The van der Waals surface area contributed by atoms with Crippen LogP contribution in [0.4, 0.5) is 8.78 Å². The fourth-order valence-corrected chi connectivity index (χ4v) is 1.81. The smallest absolute Gasteiger partial charge is 0.129 e. The molecule has 2 rings (SSSR count). The van der Waals surface area contributed by atoms with Crippen LogP contribution in [0.1, 0.15) is 23.1 Å². The van der Waals surface area contributed by atoms with E-state index in [-0.39, 0.29) is 12.0 Å². The van der Waals surface area contributed by atoms with Gasteiger partial charge in [0, 0.05) is 12.0 Å². The maximum absolute atomic E-state index is 13.5. The van der Waals surface area contributed by atoms with Gasteiger partial charge in [0.1, 0.15) is 23.2 Å². The zero-order valence-corrected chi connectivity index (χ0v) is 9.91. The molecule has 0 aliphatic heterocycles. The maximum atomic E-state index is 13.5. The van der Waals surface area contributed by atoms with Crippen LogP contribution in [0, 0.1) is 18.6 Å². The molecule has 0 aliphatic rings. The Balaban J connectivity index is 2.26. The third-order valence-electron chi connectivity index (χ3n) is 2.78. The molecule has 18 heavy (non-hydrogen) atoms. The van der Waals surface area contributed by atoms with Crippen molar-refractivity contribution in [3.63, 3.8) is 0 Å². The average Bonchev–Trinajstić information content (AvgIpc) is 2.76. The predicted octanol–water partition coefficient (Wildman–Crippen LogP) is 2.61. The van der Waals surface area contributed by atoms with E-state index in [1.807, 2.05) is 0 Å². The minimum Gasteiger partial charge on any atom is -0.465 e. The number of furan rings is 1. The van der Waals surface area contributed by atoms with E-state index in [0.29, 0.717) is 5.76 Å². The molecule has 1 unspecified atom stereocenters. The number of hydrazine groups is 1. The van der Waals surface area contributed by atoms with Crippen LogP contribution >= 0.6 is 0 Å². The van der Waals surface area contributed by atoms with Crippen LogP contribution in [0.25, 0.3) is 0 Å². The summed E-state index contributed by atoms with van der Waals surface area (Å²) in [7, 11) is 0. The molecule has 0 fully saturated rings. The van der Waals surface area contributed by atoms with Crippen molar-refractivity contribution < 1.29 is 13.2 Å². The molecule has 0 saturated carbocycles. The van der Waals surface area contributed by atoms with E-state index in [0.717, 1.165) is 5.76 Å². The van der Waals surface area contributed by atoms with Crippen molar-refractivity contribution in [3.8, 4) is 0 Å². The summed E-state index contributed by atoms with van der Waals surface area (Å²) in [5.41, 5.74) is 2.50. The second-order valence-electron chi connectivity index (χ2n) is 4.07. The Morgan fingerprint density at radius 3 is 2.39 bits per heavy atom. The fraction of sp³-hybridized carbons (Fsp3) is 0.231. The monoisotopic (exact) mass is 252 g/mol. The highest BCUT2D eigenvalue weighted by Crippen LogP contribution is 2.23. The maximum Gasteiger partial charge on any atom is 0.129 e. The highest BCUT2D eigenvalue weighted by atomic mass is 19.1. The van der Waals surface area contributed by atoms with Crippen molar-refractivity contribution in [2.45, 2.75) is 19.4 Å². The highest BCUT2D eigenvalue weighted by molar-refractivity contribution is 5.22. The summed E-state index contributed by atoms with van der Waals surface area (Å²) in [6.07, 6.45) is 0.0853. The SMILES string of the molecule is Cc1ccc(C(Cc2c(F)cccc2F)NN)o1. The van der Waals surface area contributed by atoms with Crippen LogP contribution in [-0.2, 0) is 6.42 Å². The van der Waals surface area contributed by atoms with E-state index in [9.17, 15) is 8.78 Å². The van der Waals surface area contributed by atoms with E-state index in [1.54, 1.807) is 19.1 Å². The van der Waals surface area contributed by atoms with Gasteiger partial charge in [0.25, 0.3) is 0 Å². The molecular weight excluding hydrogens is 238 g/mol. The van der Waals surface area contributed by atoms with Gasteiger partial charge in [-0.15, -0.1) is 0 Å². The van der Waals surface area contributed by atoms with E-state index in [2.05, 4.69) is 5.43 Å². The van der Waals surface area contributed by atoms with Crippen molar-refractivity contribution in [1.29, 1.82) is 0 Å². The van der Waals surface area contributed by atoms with Crippen molar-refractivity contribution in [1.82, 2.24) is 5.43 Å². The lowest BCUT2D eigenvalue weighted by Crippen LogP contribution is -2.29. The van der Waals surface area contributed by atoms with Gasteiger partial charge in [-0.1, -0.05) is 6.07 Å². The largest absolute Gasteiger partial charge is 0.465 e. The number of hydrogen-bond donors (Lipinski definition) is 2. The van der Waals surface area contributed by atoms with Gasteiger partial charge in [-0.05, 0) is 31.2 Å². The molecule has 2 aromatic rings. The van der Waals surface area contributed by atoms with Crippen molar-refractivity contribution in [3.05, 3.63) is 59.1 Å². The molecule has 0 radical (unpaired) electrons. The normalized spacial score (nSPS) is 12.7. The quantitative estimate of drug-likeness (QED) is 0.649. The standard InChI is InChI=1S/C13H14F2N2O/c1-8-5-6-13(18-8)12(17-16)7-9-10(14)3-2-4-11(9)15/h2-6,12,17H,7,16H2,1H3. The highest BCUT2D eigenvalue weighted by Gasteiger charge is 2.18. The van der Waals surface area contributed by atoms with Crippen LogP contribution in [-0.4, -0.2) is 0 Å². The molecule has 0 amide bonds. The second-order valence-corrected chi connectivity index (χ2v) is 4.07. The summed E-state index contributed by atoms with van der Waals surface area (Å²) in [6.45, 7) is 1.79. The molecule has 1 heterocycles. The average molecular weight is 252 g/mol. The molecule has 1 aromatic carbocycles. The zero-order valence-electron chi connectivity index (χ0n) is 9.91. The molecule has 3 N–H and O–H groups in total. The number of hydrogen-bond acceptors (Lipinski definition) is 3. The van der Waals surface area contributed by atoms with E-state index in [1.165, 1.54) is 18.2 Å². The number of halogens is 2. The number of rotatable bonds is 4. The van der Waals surface area contributed by atoms with Crippen molar-refractivity contribution in [2.24, 2.45) is 5.84 Å². The van der Waals surface area contributed by atoms with Crippen LogP contribution in [0.5, 0.6) is 0 Å². The Morgan fingerprint density at radius 2 is 1.89 bits per heavy atom. The lowest BCUT2D eigenvalue weighted by molar-refractivity contribution is 0.395. The number of benzene rings is 1. The molecule has 5 heteroatoms. The van der Waals surface area contributed by atoms with Gasteiger partial charge in [-0.3, -0.25) is 5.84 Å². The first-order valence-electron chi connectivity index (χ1n) is 5.57. The van der Waals surface area contributed by atoms with E-state index < -0.39 is 17.7 Å². The lowest BCUT2D eigenvalue weighted by atomic mass is 10.0. The first kappa shape index (κ1) is 12.7. The number of nitrogens with two attached hydrogens (primary N) is 1. The topological polar surface area (TPSA) is 51.2 Å². The lowest BCUT2D eigenvalue weighted by Gasteiger charge is -2.14. The van der Waals surface area contributed by atoms with Crippen molar-refractivity contribution >= 4 is 0 Å². The van der Waals surface area contributed by atoms with E-state index in [4.69, 9.17) is 10.3 Å². The predicted molar refractivity (Wildman–Crippen MR) is 63.6 cm³/mol. The first-order valence-corrected chi connectivity index (χ1v) is 5.57. The molecule has 3 nitrogen and oxygen atoms in total. The van der Waals surface area contributed by atoms with Gasteiger partial charge in [0.2, 0.25) is 0 Å². The van der Waals surface area contributed by atoms with Crippen LogP contribution in [0.3, 0.4) is 0 Å². The molecule has 1 aromatic heterocycles. The second kappa shape index (κ2) is 5.29. The summed E-state index contributed by atoms with van der Waals surface area (Å²) in [6, 6.07) is 6.82. The van der Waals surface area contributed by atoms with Crippen molar-refractivity contribution in [2.75, 3.05) is 0 Å². The third-order valence-corrected chi connectivity index (χ3v) is 2.78. The summed E-state index contributed by atoms with van der Waals surface area (Å²) < 4.78 is 32.5. The summed E-state index contributed by atoms with van der Waals surface area (Å²) in [4.78, 5) is 0. The van der Waals surface area contributed by atoms with E-state index >= 15 is 0 Å². The number of nitrogens with one attached hydrogen (secondary N) is 1. The Labute approximate surface area is 104 Å². The van der Waals surface area contributed by atoms with Gasteiger partial charge in [-0.2, -0.15) is 0 Å². The Morgan fingerprint density at radius 1 is 1.22 bits per heavy atom. The molecule has 0 bridgehead atoms. The van der Waals surface area contributed by atoms with Gasteiger partial charge >= 0.3 is 0 Å². The summed E-state index contributed by atoms with van der Waals surface area (Å²) in [5, 5.41) is 0.